The molecule has 2 heterocycles. The average molecular weight is 459 g/mol. The van der Waals surface area contributed by atoms with E-state index < -0.39 is 0 Å². The van der Waals surface area contributed by atoms with Crippen LogP contribution < -0.4 is 15.0 Å². The molecule has 29 heavy (non-hydrogen) atoms. The van der Waals surface area contributed by atoms with E-state index in [0.29, 0.717) is 6.61 Å². The fourth-order valence-electron chi connectivity index (χ4n) is 3.83. The molecule has 0 radical (unpaired) electrons. The lowest BCUT2D eigenvalue weighted by Crippen LogP contribution is -2.46. The summed E-state index contributed by atoms with van der Waals surface area (Å²) in [4.78, 5) is 9.76. The molecule has 6 heteroatoms. The van der Waals surface area contributed by atoms with Crippen molar-refractivity contribution < 1.29 is 4.74 Å². The van der Waals surface area contributed by atoms with Crippen LogP contribution in [0, 0.1) is 0 Å². The Labute approximate surface area is 184 Å². The molecule has 2 aromatic carbocycles. The first-order chi connectivity index (χ1) is 13.9. The summed E-state index contributed by atoms with van der Waals surface area (Å²) in [7, 11) is 0. The minimum absolute atomic E-state index is 0. The van der Waals surface area contributed by atoms with Crippen LogP contribution in [0.15, 0.2) is 59.6 Å². The van der Waals surface area contributed by atoms with Gasteiger partial charge in [0.15, 0.2) is 0 Å². The van der Waals surface area contributed by atoms with Crippen molar-refractivity contribution in [2.75, 3.05) is 56.1 Å². The van der Waals surface area contributed by atoms with Crippen molar-refractivity contribution in [2.45, 2.75) is 19.3 Å². The van der Waals surface area contributed by atoms with Gasteiger partial charge in [-0.25, -0.2) is 0 Å². The van der Waals surface area contributed by atoms with E-state index in [1.807, 2.05) is 24.3 Å². The molecule has 2 aromatic rings. The summed E-state index contributed by atoms with van der Waals surface area (Å²) in [5.41, 5.74) is 2.37. The highest BCUT2D eigenvalue weighted by atomic mass is 79.9. The van der Waals surface area contributed by atoms with Crippen LogP contribution in [0.25, 0.3) is 0 Å². The van der Waals surface area contributed by atoms with Crippen LogP contribution in [0.4, 0.5) is 11.4 Å². The Kier molecular flexibility index (Phi) is 8.38. The van der Waals surface area contributed by atoms with Gasteiger partial charge in [0.1, 0.15) is 18.2 Å². The lowest BCUT2D eigenvalue weighted by molar-refractivity contribution is 0.252. The molecule has 2 aliphatic rings. The van der Waals surface area contributed by atoms with E-state index in [-0.39, 0.29) is 17.0 Å². The average Bonchev–Trinajstić information content (AvgIpc) is 2.77. The Hall–Kier alpha value is -2.05. The van der Waals surface area contributed by atoms with Crippen LogP contribution in [0.5, 0.6) is 5.75 Å². The third kappa shape index (κ3) is 6.21. The molecule has 0 saturated carbocycles. The van der Waals surface area contributed by atoms with Crippen molar-refractivity contribution in [3.63, 3.8) is 0 Å². The fraction of sp³-hybridized carbons (Fsp3) is 0.435. The van der Waals surface area contributed by atoms with Crippen LogP contribution in [-0.4, -0.2) is 56.6 Å². The van der Waals surface area contributed by atoms with Crippen molar-refractivity contribution in [3.05, 3.63) is 54.6 Å². The predicted octanol–water partition coefficient (Wildman–Crippen LogP) is 4.46. The quantitative estimate of drug-likeness (QED) is 0.621. The number of para-hydroxylation sites is 3. The Bertz CT molecular complexity index is 775. The van der Waals surface area contributed by atoms with E-state index in [0.717, 1.165) is 56.4 Å². The van der Waals surface area contributed by atoms with Crippen molar-refractivity contribution >= 4 is 34.2 Å². The number of unbranched alkanes of at least 4 members (excludes halogenated alkanes) is 2. The Morgan fingerprint density at radius 1 is 0.862 bits per heavy atom. The van der Waals surface area contributed by atoms with Crippen molar-refractivity contribution in [1.29, 1.82) is 0 Å². The molecule has 5 nitrogen and oxygen atoms in total. The fourth-order valence-corrected chi connectivity index (χ4v) is 3.83. The van der Waals surface area contributed by atoms with Gasteiger partial charge >= 0.3 is 0 Å². The highest BCUT2D eigenvalue weighted by Gasteiger charge is 2.16. The summed E-state index contributed by atoms with van der Waals surface area (Å²) < 4.78 is 5.73. The van der Waals surface area contributed by atoms with Crippen molar-refractivity contribution in [1.82, 2.24) is 4.90 Å². The van der Waals surface area contributed by atoms with Gasteiger partial charge in [-0.05, 0) is 43.7 Å². The number of aliphatic imine (C=N–C) groups is 1. The van der Waals surface area contributed by atoms with Gasteiger partial charge in [0.25, 0.3) is 0 Å². The maximum atomic E-state index is 5.73. The minimum Gasteiger partial charge on any atom is -0.484 e. The Balaban J connectivity index is 0.00000240. The van der Waals surface area contributed by atoms with Gasteiger partial charge in [0, 0.05) is 38.4 Å². The maximum absolute atomic E-state index is 5.73. The number of anilines is 2. The van der Waals surface area contributed by atoms with Crippen LogP contribution in [0.1, 0.15) is 19.3 Å². The number of halogens is 1. The smallest absolute Gasteiger partial charge is 0.145 e. The van der Waals surface area contributed by atoms with Gasteiger partial charge < -0.3 is 15.0 Å². The summed E-state index contributed by atoms with van der Waals surface area (Å²) in [6.45, 7) is 7.21. The first kappa shape index (κ1) is 21.7. The summed E-state index contributed by atoms with van der Waals surface area (Å²) in [6.07, 6.45) is 3.62. The number of benzene rings is 2. The van der Waals surface area contributed by atoms with E-state index in [1.165, 1.54) is 25.1 Å². The third-order valence-corrected chi connectivity index (χ3v) is 5.46. The van der Waals surface area contributed by atoms with Gasteiger partial charge in [-0.3, -0.25) is 9.89 Å². The minimum atomic E-state index is 0. The number of rotatable bonds is 7. The van der Waals surface area contributed by atoms with Crippen molar-refractivity contribution in [3.8, 4) is 5.75 Å². The zero-order valence-electron chi connectivity index (χ0n) is 16.9. The highest BCUT2D eigenvalue weighted by molar-refractivity contribution is 8.93. The summed E-state index contributed by atoms with van der Waals surface area (Å²) >= 11 is 0. The number of ether oxygens (including phenoxy) is 1. The number of amidine groups is 1. The third-order valence-electron chi connectivity index (χ3n) is 5.46. The predicted molar refractivity (Wildman–Crippen MR) is 127 cm³/mol. The van der Waals surface area contributed by atoms with Crippen LogP contribution >= 0.6 is 17.0 Å². The monoisotopic (exact) mass is 458 g/mol. The summed E-state index contributed by atoms with van der Waals surface area (Å²) in [6, 6.07) is 18.8. The number of piperazine rings is 1. The summed E-state index contributed by atoms with van der Waals surface area (Å²) in [5.74, 6) is 1.85. The van der Waals surface area contributed by atoms with Gasteiger partial charge in [0.2, 0.25) is 0 Å². The molecule has 0 aliphatic carbocycles. The molecule has 0 spiro atoms. The normalized spacial score (nSPS) is 17.8. The SMILES string of the molecule is Br.c1ccc(N2CCN(CCCCCN=C3COc4ccccc4N3)CC2)cc1. The van der Waals surface area contributed by atoms with Crippen LogP contribution in [-0.2, 0) is 0 Å². The van der Waals surface area contributed by atoms with E-state index in [2.05, 4.69) is 50.4 Å². The lowest BCUT2D eigenvalue weighted by Gasteiger charge is -2.36. The molecule has 2 aliphatic heterocycles. The number of hydrogen-bond acceptors (Lipinski definition) is 4. The molecule has 1 N–H and O–H groups in total. The summed E-state index contributed by atoms with van der Waals surface area (Å²) in [5, 5.41) is 3.37. The van der Waals surface area contributed by atoms with Crippen LogP contribution in [0.2, 0.25) is 0 Å². The van der Waals surface area contributed by atoms with Gasteiger partial charge in [-0.2, -0.15) is 0 Å². The first-order valence-electron chi connectivity index (χ1n) is 10.4. The van der Waals surface area contributed by atoms with Crippen LogP contribution in [0.3, 0.4) is 0 Å². The van der Waals surface area contributed by atoms with Gasteiger partial charge in [-0.15, -0.1) is 17.0 Å². The molecule has 156 valence electrons. The second-order valence-corrected chi connectivity index (χ2v) is 7.46. The molecule has 0 amide bonds. The van der Waals surface area contributed by atoms with Gasteiger partial charge in [-0.1, -0.05) is 36.8 Å². The molecule has 0 bridgehead atoms. The standard InChI is InChI=1S/C23H30N4O.BrH/c1-3-9-20(10-4-1)27-17-15-26(16-18-27)14-8-2-7-13-24-23-19-28-22-12-6-5-11-21(22)25-23;/h1,3-6,9-12H,2,7-8,13-19H2,(H,24,25);1H. The van der Waals surface area contributed by atoms with E-state index in [1.54, 1.807) is 0 Å². The number of fused-ring (bicyclic) bond motifs is 1. The zero-order valence-corrected chi connectivity index (χ0v) is 18.6. The molecule has 1 saturated heterocycles. The Morgan fingerprint density at radius 2 is 1.62 bits per heavy atom. The molecule has 0 atom stereocenters. The van der Waals surface area contributed by atoms with E-state index in [4.69, 9.17) is 4.74 Å². The topological polar surface area (TPSA) is 40.1 Å². The number of hydrogen-bond donors (Lipinski definition) is 1. The van der Waals surface area contributed by atoms with Gasteiger partial charge in [0.05, 0.1) is 5.69 Å². The van der Waals surface area contributed by atoms with E-state index >= 15 is 0 Å². The number of nitrogens with one attached hydrogen (secondary N) is 1. The molecule has 0 unspecified atom stereocenters. The van der Waals surface area contributed by atoms with E-state index in [9.17, 15) is 0 Å². The Morgan fingerprint density at radius 3 is 2.45 bits per heavy atom. The molecule has 1 fully saturated rings. The second-order valence-electron chi connectivity index (χ2n) is 7.46. The molecular formula is C23H31BrN4O. The molecule has 4 rings (SSSR count). The largest absolute Gasteiger partial charge is 0.484 e. The maximum Gasteiger partial charge on any atom is 0.145 e. The number of nitrogens with zero attached hydrogens (tertiary/aromatic N) is 3. The molecular weight excluding hydrogens is 428 g/mol. The second kappa shape index (κ2) is 11.2. The zero-order chi connectivity index (χ0) is 19.0. The highest BCUT2D eigenvalue weighted by Crippen LogP contribution is 2.26. The molecule has 0 aromatic heterocycles. The lowest BCUT2D eigenvalue weighted by atomic mass is 10.2. The first-order valence-corrected chi connectivity index (χ1v) is 10.4. The van der Waals surface area contributed by atoms with Crippen molar-refractivity contribution in [2.24, 2.45) is 4.99 Å².